The van der Waals surface area contributed by atoms with Gasteiger partial charge < -0.3 is 20.0 Å². The van der Waals surface area contributed by atoms with Gasteiger partial charge in [0.1, 0.15) is 0 Å². The molecule has 1 fully saturated rings. The molecular weight excluding hydrogens is 358 g/mol. The number of carbonyl (C=O) groups excluding carboxylic acids is 2. The smallest absolute Gasteiger partial charge is 0.308 e. The Bertz CT molecular complexity index is 1120. The van der Waals surface area contributed by atoms with E-state index < -0.39 is 11.9 Å². The number of amides is 1. The summed E-state index contributed by atoms with van der Waals surface area (Å²) in [5.41, 5.74) is 7.62. The second-order valence-corrected chi connectivity index (χ2v) is 7.13. The van der Waals surface area contributed by atoms with Crippen molar-refractivity contribution < 1.29 is 14.3 Å². The molecule has 1 aromatic carbocycles. The van der Waals surface area contributed by atoms with Crippen LogP contribution in [0.1, 0.15) is 49.0 Å². The number of nitrogens with zero attached hydrogens (tertiary/aromatic N) is 1. The van der Waals surface area contributed by atoms with Crippen LogP contribution < -0.4 is 16.0 Å². The molecule has 0 aliphatic heterocycles. The second-order valence-electron chi connectivity index (χ2n) is 7.13. The number of hydrogen-bond acceptors (Lipinski definition) is 4. The minimum absolute atomic E-state index is 0.247. The predicted molar refractivity (Wildman–Crippen MR) is 105 cm³/mol. The molecule has 3 aromatic rings. The molecule has 28 heavy (non-hydrogen) atoms. The van der Waals surface area contributed by atoms with Crippen molar-refractivity contribution in [2.75, 3.05) is 0 Å². The molecule has 4 rings (SSSR count). The Morgan fingerprint density at radius 1 is 1.18 bits per heavy atom. The van der Waals surface area contributed by atoms with E-state index in [1.54, 1.807) is 24.3 Å². The topological polar surface area (TPSA) is 107 Å². The molecule has 0 unspecified atom stereocenters. The van der Waals surface area contributed by atoms with Crippen LogP contribution in [0.4, 0.5) is 0 Å². The summed E-state index contributed by atoms with van der Waals surface area (Å²) in [4.78, 5) is 38.3. The number of H-pyrrole nitrogens is 1. The first-order valence-corrected chi connectivity index (χ1v) is 9.30. The Labute approximate surface area is 161 Å². The average Bonchev–Trinajstić information content (AvgIpc) is 3.32. The molecule has 1 aliphatic carbocycles. The zero-order valence-corrected chi connectivity index (χ0v) is 15.5. The number of aromatic amines is 1. The lowest BCUT2D eigenvalue weighted by Gasteiger charge is -2.15. The maximum Gasteiger partial charge on any atom is 0.308 e. The number of nitrogens with two attached hydrogens (primary N) is 1. The quantitative estimate of drug-likeness (QED) is 0.679. The first-order chi connectivity index (χ1) is 13.5. The van der Waals surface area contributed by atoms with Crippen molar-refractivity contribution >= 4 is 22.8 Å². The largest absolute Gasteiger partial charge is 0.423 e. The molecule has 3 N–H and O–H groups in total. The van der Waals surface area contributed by atoms with Crippen molar-refractivity contribution in [3.05, 3.63) is 52.6 Å². The zero-order valence-electron chi connectivity index (χ0n) is 15.5. The Morgan fingerprint density at radius 2 is 1.86 bits per heavy atom. The molecule has 1 amide bonds. The van der Waals surface area contributed by atoms with Gasteiger partial charge in [0.15, 0.2) is 5.75 Å². The van der Waals surface area contributed by atoms with Crippen LogP contribution in [-0.4, -0.2) is 21.4 Å². The van der Waals surface area contributed by atoms with E-state index in [0.29, 0.717) is 22.2 Å². The standard InChI is InChI=1S/C21H21N3O4/c1-12(25)28-17-10-23-21(27)18-16(13-6-8-14(9-7-13)20(22)26)11-24(19(17)18)15-4-2-3-5-15/h6-11,15H,2-5H2,1H3,(H2,22,26)(H,23,27). The highest BCUT2D eigenvalue weighted by molar-refractivity contribution is 6.00. The summed E-state index contributed by atoms with van der Waals surface area (Å²) in [5.74, 6) is -0.608. The van der Waals surface area contributed by atoms with Gasteiger partial charge in [0, 0.05) is 36.5 Å². The molecule has 0 spiro atoms. The fourth-order valence-corrected chi connectivity index (χ4v) is 4.01. The average molecular weight is 379 g/mol. The van der Waals surface area contributed by atoms with Gasteiger partial charge in [-0.3, -0.25) is 14.4 Å². The normalized spacial score (nSPS) is 14.5. The van der Waals surface area contributed by atoms with Crippen LogP contribution in [0.5, 0.6) is 5.75 Å². The molecule has 144 valence electrons. The van der Waals surface area contributed by atoms with E-state index in [1.165, 1.54) is 13.1 Å². The van der Waals surface area contributed by atoms with Gasteiger partial charge in [-0.25, -0.2) is 0 Å². The van der Waals surface area contributed by atoms with Crippen molar-refractivity contribution in [3.8, 4) is 16.9 Å². The van der Waals surface area contributed by atoms with E-state index in [0.717, 1.165) is 36.8 Å². The van der Waals surface area contributed by atoms with Gasteiger partial charge in [-0.15, -0.1) is 0 Å². The third kappa shape index (κ3) is 3.09. The first kappa shape index (κ1) is 18.0. The fourth-order valence-electron chi connectivity index (χ4n) is 4.01. The molecule has 7 nitrogen and oxygen atoms in total. The van der Waals surface area contributed by atoms with Crippen LogP contribution in [0.3, 0.4) is 0 Å². The molecule has 1 aliphatic rings. The molecular formula is C21H21N3O4. The second kappa shape index (κ2) is 6.99. The SMILES string of the molecule is CC(=O)Oc1c[nH]c(=O)c2c(-c3ccc(C(N)=O)cc3)cn(C3CCCC3)c12. The van der Waals surface area contributed by atoms with Crippen molar-refractivity contribution in [1.29, 1.82) is 0 Å². The monoisotopic (exact) mass is 379 g/mol. The van der Waals surface area contributed by atoms with Crippen molar-refractivity contribution in [1.82, 2.24) is 9.55 Å². The number of carbonyl (C=O) groups is 2. The van der Waals surface area contributed by atoms with E-state index in [1.807, 2.05) is 6.20 Å². The summed E-state index contributed by atoms with van der Waals surface area (Å²) in [6.45, 7) is 1.34. The summed E-state index contributed by atoms with van der Waals surface area (Å²) >= 11 is 0. The number of hydrogen-bond donors (Lipinski definition) is 2. The van der Waals surface area contributed by atoms with Crippen molar-refractivity contribution in [2.24, 2.45) is 5.73 Å². The van der Waals surface area contributed by atoms with Crippen LogP contribution in [-0.2, 0) is 4.79 Å². The molecule has 1 saturated carbocycles. The minimum Gasteiger partial charge on any atom is -0.423 e. The number of aromatic nitrogens is 2. The molecule has 0 atom stereocenters. The lowest BCUT2D eigenvalue weighted by atomic mass is 10.0. The number of ether oxygens (including phenoxy) is 1. The lowest BCUT2D eigenvalue weighted by molar-refractivity contribution is -0.131. The van der Waals surface area contributed by atoms with E-state index in [2.05, 4.69) is 9.55 Å². The van der Waals surface area contributed by atoms with Crippen LogP contribution in [0.15, 0.2) is 41.5 Å². The summed E-state index contributed by atoms with van der Waals surface area (Å²) in [6.07, 6.45) is 7.66. The van der Waals surface area contributed by atoms with Gasteiger partial charge in [0.05, 0.1) is 10.9 Å². The Morgan fingerprint density at radius 3 is 2.46 bits per heavy atom. The molecule has 0 saturated heterocycles. The van der Waals surface area contributed by atoms with E-state index in [4.69, 9.17) is 10.5 Å². The van der Waals surface area contributed by atoms with Gasteiger partial charge in [0.25, 0.3) is 5.56 Å². The predicted octanol–water partition coefficient (Wildman–Crippen LogP) is 3.14. The molecule has 0 bridgehead atoms. The van der Waals surface area contributed by atoms with E-state index in [-0.39, 0.29) is 11.6 Å². The maximum absolute atomic E-state index is 12.7. The maximum atomic E-state index is 12.7. The van der Waals surface area contributed by atoms with Crippen LogP contribution >= 0.6 is 0 Å². The third-order valence-electron chi connectivity index (χ3n) is 5.28. The molecule has 7 heteroatoms. The lowest BCUT2D eigenvalue weighted by Crippen LogP contribution is -2.12. The molecule has 0 radical (unpaired) electrons. The molecule has 2 heterocycles. The Kier molecular flexibility index (Phi) is 4.50. The zero-order chi connectivity index (χ0) is 19.8. The van der Waals surface area contributed by atoms with Gasteiger partial charge >= 0.3 is 5.97 Å². The first-order valence-electron chi connectivity index (χ1n) is 9.30. The van der Waals surface area contributed by atoms with Crippen LogP contribution in [0.25, 0.3) is 22.0 Å². The number of esters is 1. The Balaban J connectivity index is 1.97. The third-order valence-corrected chi connectivity index (χ3v) is 5.28. The molecule has 2 aromatic heterocycles. The summed E-state index contributed by atoms with van der Waals surface area (Å²) in [6, 6.07) is 7.07. The van der Waals surface area contributed by atoms with E-state index in [9.17, 15) is 14.4 Å². The van der Waals surface area contributed by atoms with Gasteiger partial charge in [-0.05, 0) is 30.5 Å². The van der Waals surface area contributed by atoms with Crippen molar-refractivity contribution in [3.63, 3.8) is 0 Å². The summed E-state index contributed by atoms with van der Waals surface area (Å²) in [7, 11) is 0. The van der Waals surface area contributed by atoms with Gasteiger partial charge in [-0.2, -0.15) is 0 Å². The highest BCUT2D eigenvalue weighted by atomic mass is 16.5. The number of rotatable bonds is 4. The highest BCUT2D eigenvalue weighted by Gasteiger charge is 2.25. The Hall–Kier alpha value is -3.35. The van der Waals surface area contributed by atoms with Gasteiger partial charge in [0.2, 0.25) is 5.91 Å². The van der Waals surface area contributed by atoms with Crippen molar-refractivity contribution in [2.45, 2.75) is 38.6 Å². The summed E-state index contributed by atoms with van der Waals surface area (Å²) < 4.78 is 7.45. The van der Waals surface area contributed by atoms with Crippen LogP contribution in [0, 0.1) is 0 Å². The number of pyridine rings is 1. The number of nitrogens with one attached hydrogen (secondary N) is 1. The minimum atomic E-state index is -0.505. The number of primary amides is 1. The summed E-state index contributed by atoms with van der Waals surface area (Å²) in [5, 5.41) is 0.470. The fraction of sp³-hybridized carbons (Fsp3) is 0.286. The number of benzene rings is 1. The highest BCUT2D eigenvalue weighted by Crippen LogP contribution is 2.39. The van der Waals surface area contributed by atoms with Crippen LogP contribution in [0.2, 0.25) is 0 Å². The van der Waals surface area contributed by atoms with E-state index >= 15 is 0 Å². The number of fused-ring (bicyclic) bond motifs is 1. The van der Waals surface area contributed by atoms with Gasteiger partial charge in [-0.1, -0.05) is 25.0 Å².